The zero-order valence-corrected chi connectivity index (χ0v) is 16.4. The topological polar surface area (TPSA) is 41.6 Å². The van der Waals surface area contributed by atoms with E-state index >= 15 is 0 Å². The van der Waals surface area contributed by atoms with Crippen molar-refractivity contribution in [2.75, 3.05) is 26.7 Å². The summed E-state index contributed by atoms with van der Waals surface area (Å²) in [6, 6.07) is 6.28. The van der Waals surface area contributed by atoms with Crippen LogP contribution in [0.25, 0.3) is 10.1 Å². The molecule has 3 rings (SSSR count). The van der Waals surface area contributed by atoms with E-state index in [0.717, 1.165) is 23.2 Å². The number of fused-ring (bicyclic) bond motifs is 1. The first kappa shape index (κ1) is 18.5. The normalized spacial score (nSPS) is 18.4. The van der Waals surface area contributed by atoms with Crippen LogP contribution in [0.2, 0.25) is 5.02 Å². The van der Waals surface area contributed by atoms with Crippen molar-refractivity contribution < 1.29 is 9.53 Å². The molecule has 1 amide bonds. The molecular formula is C19H25ClN2O2S. The van der Waals surface area contributed by atoms with Crippen LogP contribution in [-0.2, 0) is 0 Å². The monoisotopic (exact) mass is 380 g/mol. The number of methoxy groups -OCH3 is 1. The van der Waals surface area contributed by atoms with Gasteiger partial charge < -0.3 is 10.1 Å². The first-order valence-electron chi connectivity index (χ1n) is 8.92. The Labute approximate surface area is 158 Å². The zero-order chi connectivity index (χ0) is 17.8. The lowest BCUT2D eigenvalue weighted by Crippen LogP contribution is -2.43. The van der Waals surface area contributed by atoms with Gasteiger partial charge in [-0.3, -0.25) is 9.69 Å². The molecule has 1 aliphatic rings. The molecule has 0 spiro atoms. The third-order valence-corrected chi connectivity index (χ3v) is 6.31. The van der Waals surface area contributed by atoms with Gasteiger partial charge in [0.05, 0.1) is 7.11 Å². The van der Waals surface area contributed by atoms with Gasteiger partial charge in [0.15, 0.2) is 0 Å². The van der Waals surface area contributed by atoms with Gasteiger partial charge in [0.25, 0.3) is 5.91 Å². The minimum atomic E-state index is -0.0702. The molecule has 1 aliphatic heterocycles. The number of carbonyl (C=O) groups excluding carboxylic acids is 1. The predicted octanol–water partition coefficient (Wildman–Crippen LogP) is 4.56. The smallest absolute Gasteiger partial charge is 0.265 e. The van der Waals surface area contributed by atoms with E-state index in [-0.39, 0.29) is 5.91 Å². The molecule has 1 N–H and O–H groups in total. The average molecular weight is 381 g/mol. The molecule has 2 aromatic rings. The number of carbonyl (C=O) groups is 1. The van der Waals surface area contributed by atoms with E-state index in [2.05, 4.69) is 17.1 Å². The molecule has 1 saturated heterocycles. The maximum atomic E-state index is 12.6. The number of hydrogen-bond donors (Lipinski definition) is 1. The second-order valence-corrected chi connectivity index (χ2v) is 7.94. The highest BCUT2D eigenvalue weighted by molar-refractivity contribution is 7.21. The van der Waals surface area contributed by atoms with Crippen molar-refractivity contribution in [2.45, 2.75) is 38.6 Å². The summed E-state index contributed by atoms with van der Waals surface area (Å²) in [4.78, 5) is 15.8. The van der Waals surface area contributed by atoms with Gasteiger partial charge in [-0.05, 0) is 44.0 Å². The maximum absolute atomic E-state index is 12.6. The van der Waals surface area contributed by atoms with Gasteiger partial charge in [0.1, 0.15) is 10.6 Å². The first-order chi connectivity index (χ1) is 12.1. The summed E-state index contributed by atoms with van der Waals surface area (Å²) in [5.41, 5.74) is 0. The summed E-state index contributed by atoms with van der Waals surface area (Å²) in [6.45, 7) is 4.95. The molecule has 0 radical (unpaired) electrons. The van der Waals surface area contributed by atoms with Crippen molar-refractivity contribution >= 4 is 38.9 Å². The van der Waals surface area contributed by atoms with Crippen molar-refractivity contribution in [1.82, 2.24) is 10.2 Å². The fraction of sp³-hybridized carbons (Fsp3) is 0.526. The second kappa shape index (κ2) is 8.39. The Morgan fingerprint density at radius 3 is 3.04 bits per heavy atom. The lowest BCUT2D eigenvalue weighted by atomic mass is 10.0. The quantitative estimate of drug-likeness (QED) is 0.798. The molecule has 1 aromatic heterocycles. The zero-order valence-electron chi connectivity index (χ0n) is 14.8. The molecule has 4 nitrogen and oxygen atoms in total. The average Bonchev–Trinajstić information content (AvgIpc) is 2.99. The number of amides is 1. The van der Waals surface area contributed by atoms with Crippen LogP contribution in [0.5, 0.6) is 5.75 Å². The minimum absolute atomic E-state index is 0.0702. The van der Waals surface area contributed by atoms with Crippen molar-refractivity contribution in [3.63, 3.8) is 0 Å². The summed E-state index contributed by atoms with van der Waals surface area (Å²) >= 11 is 7.52. The fourth-order valence-electron chi connectivity index (χ4n) is 3.61. The van der Waals surface area contributed by atoms with Crippen LogP contribution in [0.15, 0.2) is 18.2 Å². The van der Waals surface area contributed by atoms with E-state index in [1.54, 1.807) is 7.11 Å². The third-order valence-electron chi connectivity index (χ3n) is 4.92. The Morgan fingerprint density at radius 2 is 2.28 bits per heavy atom. The van der Waals surface area contributed by atoms with E-state index in [9.17, 15) is 4.79 Å². The molecular weight excluding hydrogens is 356 g/mol. The fourth-order valence-corrected chi connectivity index (χ4v) is 4.85. The Balaban J connectivity index is 1.66. The van der Waals surface area contributed by atoms with Gasteiger partial charge in [0, 0.05) is 34.2 Å². The molecule has 0 bridgehead atoms. The molecule has 25 heavy (non-hydrogen) atoms. The molecule has 1 atom stereocenters. The van der Waals surface area contributed by atoms with Gasteiger partial charge >= 0.3 is 0 Å². The van der Waals surface area contributed by atoms with Gasteiger partial charge in [-0.2, -0.15) is 0 Å². The largest absolute Gasteiger partial charge is 0.494 e. The summed E-state index contributed by atoms with van der Waals surface area (Å²) in [7, 11) is 1.60. The second-order valence-electron chi connectivity index (χ2n) is 6.45. The number of nitrogens with zero attached hydrogens (tertiary/aromatic N) is 1. The summed E-state index contributed by atoms with van der Waals surface area (Å²) < 4.78 is 6.49. The minimum Gasteiger partial charge on any atom is -0.494 e. The lowest BCUT2D eigenvalue weighted by molar-refractivity contribution is 0.0935. The molecule has 2 heterocycles. The van der Waals surface area contributed by atoms with E-state index in [1.807, 2.05) is 18.2 Å². The van der Waals surface area contributed by atoms with E-state index in [0.29, 0.717) is 28.2 Å². The Kier molecular flexibility index (Phi) is 6.20. The summed E-state index contributed by atoms with van der Waals surface area (Å²) in [5, 5.41) is 4.60. The van der Waals surface area contributed by atoms with Gasteiger partial charge in [-0.15, -0.1) is 11.3 Å². The standard InChI is InChI=1S/C19H25ClN2O2S/c1-3-14-6-4-5-10-22(14)11-9-21-19(23)18-17(24-2)15-12-13(20)7-8-16(15)25-18/h7-8,12,14H,3-6,9-11H2,1-2H3,(H,21,23)/t14-/m0/s1. The Hall–Kier alpha value is -1.30. The van der Waals surface area contributed by atoms with Crippen molar-refractivity contribution in [3.8, 4) is 5.75 Å². The molecule has 1 aromatic carbocycles. The van der Waals surface area contributed by atoms with Crippen LogP contribution in [0.3, 0.4) is 0 Å². The summed E-state index contributed by atoms with van der Waals surface area (Å²) in [6.07, 6.45) is 5.03. The number of hydrogen-bond acceptors (Lipinski definition) is 4. The maximum Gasteiger partial charge on any atom is 0.265 e. The number of ether oxygens (including phenoxy) is 1. The van der Waals surface area contributed by atoms with Gasteiger partial charge in [0.2, 0.25) is 0 Å². The summed E-state index contributed by atoms with van der Waals surface area (Å²) in [5.74, 6) is 0.545. The molecule has 0 unspecified atom stereocenters. The molecule has 1 fully saturated rings. The number of rotatable bonds is 6. The van der Waals surface area contributed by atoms with Crippen LogP contribution < -0.4 is 10.1 Å². The van der Waals surface area contributed by atoms with Crippen LogP contribution in [-0.4, -0.2) is 43.6 Å². The number of benzene rings is 1. The number of thiophene rings is 1. The highest BCUT2D eigenvalue weighted by atomic mass is 35.5. The Morgan fingerprint density at radius 1 is 1.44 bits per heavy atom. The lowest BCUT2D eigenvalue weighted by Gasteiger charge is -2.35. The first-order valence-corrected chi connectivity index (χ1v) is 10.1. The van der Waals surface area contributed by atoms with Crippen molar-refractivity contribution in [2.24, 2.45) is 0 Å². The highest BCUT2D eigenvalue weighted by Gasteiger charge is 2.22. The van der Waals surface area contributed by atoms with Crippen molar-refractivity contribution in [1.29, 1.82) is 0 Å². The molecule has 0 saturated carbocycles. The third kappa shape index (κ3) is 4.10. The van der Waals surface area contributed by atoms with Gasteiger partial charge in [-0.1, -0.05) is 24.9 Å². The van der Waals surface area contributed by atoms with Crippen LogP contribution in [0.4, 0.5) is 0 Å². The van der Waals surface area contributed by atoms with Crippen LogP contribution >= 0.6 is 22.9 Å². The number of nitrogens with one attached hydrogen (secondary N) is 1. The van der Waals surface area contributed by atoms with E-state index in [4.69, 9.17) is 16.3 Å². The number of halogens is 1. The molecule has 6 heteroatoms. The highest BCUT2D eigenvalue weighted by Crippen LogP contribution is 2.38. The number of piperidine rings is 1. The van der Waals surface area contributed by atoms with Crippen molar-refractivity contribution in [3.05, 3.63) is 28.1 Å². The van der Waals surface area contributed by atoms with Gasteiger partial charge in [-0.25, -0.2) is 0 Å². The number of likely N-dealkylation sites (tertiary alicyclic amines) is 1. The molecule has 0 aliphatic carbocycles. The van der Waals surface area contributed by atoms with Crippen LogP contribution in [0.1, 0.15) is 42.3 Å². The SMILES string of the molecule is CC[C@H]1CCCCN1CCNC(=O)c1sc2ccc(Cl)cc2c1OC. The molecule has 136 valence electrons. The Bertz CT molecular complexity index is 746. The van der Waals surface area contributed by atoms with E-state index in [1.165, 1.54) is 37.0 Å². The van der Waals surface area contributed by atoms with E-state index < -0.39 is 0 Å². The predicted molar refractivity (Wildman–Crippen MR) is 105 cm³/mol. The van der Waals surface area contributed by atoms with Crippen LogP contribution in [0, 0.1) is 0 Å².